The Hall–Kier alpha value is -1.36. The van der Waals surface area contributed by atoms with Crippen molar-refractivity contribution in [1.29, 1.82) is 0 Å². The van der Waals surface area contributed by atoms with E-state index < -0.39 is 0 Å². The maximum absolute atomic E-state index is 5.69. The van der Waals surface area contributed by atoms with Gasteiger partial charge in [-0.3, -0.25) is 4.68 Å². The zero-order valence-electron chi connectivity index (χ0n) is 7.05. The third-order valence-corrected chi connectivity index (χ3v) is 1.95. The molecular weight excluding hydrogens is 190 g/mol. The minimum atomic E-state index is 0.379. The van der Waals surface area contributed by atoms with Gasteiger partial charge in [-0.2, -0.15) is 9.78 Å². The Kier molecular flexibility index (Phi) is 2.02. The molecule has 6 heteroatoms. The van der Waals surface area contributed by atoms with E-state index in [1.807, 2.05) is 19.3 Å². The molecule has 2 heterocycles. The summed E-state index contributed by atoms with van der Waals surface area (Å²) in [6, 6.07) is 1.85. The van der Waals surface area contributed by atoms with Crippen LogP contribution in [0.5, 0.6) is 0 Å². The van der Waals surface area contributed by atoms with E-state index in [1.54, 1.807) is 15.6 Å². The van der Waals surface area contributed by atoms with Crippen LogP contribution in [-0.2, 0) is 12.9 Å². The first-order valence-electron chi connectivity index (χ1n) is 3.77. The van der Waals surface area contributed by atoms with Gasteiger partial charge >= 0.3 is 0 Å². The normalized spacial score (nSPS) is 10.6. The molecular formula is C7H8ClN5. The quantitative estimate of drug-likeness (QED) is 0.668. The van der Waals surface area contributed by atoms with Crippen LogP contribution in [0.25, 0.3) is 5.82 Å². The van der Waals surface area contributed by atoms with Gasteiger partial charge in [0.2, 0.25) is 0 Å². The van der Waals surface area contributed by atoms with Crippen molar-refractivity contribution >= 4 is 11.6 Å². The highest BCUT2D eigenvalue weighted by Gasteiger charge is 2.06. The molecule has 0 saturated heterocycles. The summed E-state index contributed by atoms with van der Waals surface area (Å²) in [5.74, 6) is 1.11. The number of rotatable bonds is 2. The highest BCUT2D eigenvalue weighted by atomic mass is 35.5. The Bertz CT molecular complexity index is 404. The molecule has 0 aliphatic rings. The lowest BCUT2D eigenvalue weighted by atomic mass is 10.5. The lowest BCUT2D eigenvalue weighted by molar-refractivity contribution is 0.705. The lowest BCUT2D eigenvalue weighted by Crippen LogP contribution is -2.02. The first-order chi connectivity index (χ1) is 6.31. The summed E-state index contributed by atoms with van der Waals surface area (Å²) in [5, 5.41) is 11.8. The molecule has 0 unspecified atom stereocenters. The highest BCUT2D eigenvalue weighted by molar-refractivity contribution is 6.16. The second kappa shape index (κ2) is 3.18. The zero-order chi connectivity index (χ0) is 9.26. The number of halogens is 1. The van der Waals surface area contributed by atoms with Crippen molar-refractivity contribution in [3.05, 3.63) is 24.2 Å². The van der Waals surface area contributed by atoms with E-state index in [4.69, 9.17) is 11.6 Å². The number of nitrogens with zero attached hydrogens (tertiary/aromatic N) is 5. The topological polar surface area (TPSA) is 48.5 Å². The molecule has 0 amide bonds. The first kappa shape index (κ1) is 8.25. The lowest BCUT2D eigenvalue weighted by Gasteiger charge is -1.97. The van der Waals surface area contributed by atoms with Crippen molar-refractivity contribution in [2.45, 2.75) is 5.88 Å². The number of aryl methyl sites for hydroxylation is 1. The fourth-order valence-corrected chi connectivity index (χ4v) is 1.24. The predicted octanol–water partition coefficient (Wildman–Crippen LogP) is 0.740. The summed E-state index contributed by atoms with van der Waals surface area (Å²) in [6.07, 6.45) is 3.47. The van der Waals surface area contributed by atoms with Gasteiger partial charge in [-0.05, 0) is 0 Å². The fraction of sp³-hybridized carbons (Fsp3) is 0.286. The average Bonchev–Trinajstić information content (AvgIpc) is 2.71. The van der Waals surface area contributed by atoms with Crippen molar-refractivity contribution in [1.82, 2.24) is 24.8 Å². The molecule has 0 aromatic carbocycles. The van der Waals surface area contributed by atoms with Crippen LogP contribution >= 0.6 is 11.6 Å². The minimum absolute atomic E-state index is 0.379. The molecule has 5 nitrogen and oxygen atoms in total. The summed E-state index contributed by atoms with van der Waals surface area (Å²) in [7, 11) is 1.85. The van der Waals surface area contributed by atoms with E-state index in [0.29, 0.717) is 5.88 Å². The molecule has 0 aliphatic heterocycles. The van der Waals surface area contributed by atoms with E-state index in [1.165, 1.54) is 0 Å². The zero-order valence-corrected chi connectivity index (χ0v) is 7.81. The van der Waals surface area contributed by atoms with Crippen molar-refractivity contribution in [2.75, 3.05) is 0 Å². The third-order valence-electron chi connectivity index (χ3n) is 1.67. The smallest absolute Gasteiger partial charge is 0.177 e. The van der Waals surface area contributed by atoms with Crippen LogP contribution in [0.1, 0.15) is 5.69 Å². The third kappa shape index (κ3) is 1.42. The first-order valence-corrected chi connectivity index (χ1v) is 4.30. The molecule has 0 N–H and O–H groups in total. The Balaban J connectivity index is 2.45. The van der Waals surface area contributed by atoms with Crippen LogP contribution in [0.4, 0.5) is 0 Å². The highest BCUT2D eigenvalue weighted by Crippen LogP contribution is 2.07. The second-order valence-electron chi connectivity index (χ2n) is 2.62. The van der Waals surface area contributed by atoms with Gasteiger partial charge in [0.05, 0.1) is 17.8 Å². The van der Waals surface area contributed by atoms with Crippen LogP contribution in [0.2, 0.25) is 0 Å². The van der Waals surface area contributed by atoms with E-state index in [2.05, 4.69) is 15.4 Å². The van der Waals surface area contributed by atoms with Crippen LogP contribution in [0, 0.1) is 0 Å². The molecule has 0 fully saturated rings. The Morgan fingerprint density at radius 1 is 1.54 bits per heavy atom. The maximum atomic E-state index is 5.69. The molecule has 2 rings (SSSR count). The molecule has 2 aromatic rings. The van der Waals surface area contributed by atoms with Crippen LogP contribution < -0.4 is 0 Å². The molecule has 0 radical (unpaired) electrons. The van der Waals surface area contributed by atoms with Crippen LogP contribution in [-0.4, -0.2) is 24.8 Å². The van der Waals surface area contributed by atoms with Crippen LogP contribution in [0.15, 0.2) is 18.5 Å². The van der Waals surface area contributed by atoms with Gasteiger partial charge in [0, 0.05) is 19.3 Å². The molecule has 2 aromatic heterocycles. The second-order valence-corrected chi connectivity index (χ2v) is 2.89. The SMILES string of the molecule is Cn1ccc(-n2nncc2CCl)n1. The van der Waals surface area contributed by atoms with Crippen molar-refractivity contribution < 1.29 is 0 Å². The van der Waals surface area contributed by atoms with Crippen LogP contribution in [0.3, 0.4) is 0 Å². The molecule has 68 valence electrons. The largest absolute Gasteiger partial charge is 0.274 e. The maximum Gasteiger partial charge on any atom is 0.177 e. The van der Waals surface area contributed by atoms with Gasteiger partial charge in [0.15, 0.2) is 5.82 Å². The van der Waals surface area contributed by atoms with E-state index in [0.717, 1.165) is 11.5 Å². The van der Waals surface area contributed by atoms with Gasteiger partial charge in [-0.25, -0.2) is 0 Å². The van der Waals surface area contributed by atoms with Crippen molar-refractivity contribution in [3.63, 3.8) is 0 Å². The summed E-state index contributed by atoms with van der Waals surface area (Å²) < 4.78 is 3.32. The number of alkyl halides is 1. The Morgan fingerprint density at radius 2 is 2.38 bits per heavy atom. The Labute approximate surface area is 79.9 Å². The van der Waals surface area contributed by atoms with E-state index in [-0.39, 0.29) is 0 Å². The molecule has 13 heavy (non-hydrogen) atoms. The monoisotopic (exact) mass is 197 g/mol. The minimum Gasteiger partial charge on any atom is -0.274 e. The molecule has 0 atom stereocenters. The summed E-state index contributed by atoms with van der Waals surface area (Å²) in [4.78, 5) is 0. The molecule has 0 spiro atoms. The standard InChI is InChI=1S/C7H8ClN5/c1-12-3-2-7(10-12)13-6(4-8)5-9-11-13/h2-3,5H,4H2,1H3. The average molecular weight is 198 g/mol. The summed E-state index contributed by atoms with van der Waals surface area (Å²) >= 11 is 5.69. The fourth-order valence-electron chi connectivity index (χ4n) is 1.06. The van der Waals surface area contributed by atoms with Gasteiger partial charge in [-0.1, -0.05) is 5.21 Å². The molecule has 0 saturated carbocycles. The number of aromatic nitrogens is 5. The Morgan fingerprint density at radius 3 is 3.00 bits per heavy atom. The van der Waals surface area contributed by atoms with E-state index in [9.17, 15) is 0 Å². The predicted molar refractivity (Wildman–Crippen MR) is 47.7 cm³/mol. The van der Waals surface area contributed by atoms with Gasteiger partial charge in [0.25, 0.3) is 0 Å². The van der Waals surface area contributed by atoms with Gasteiger partial charge in [0.1, 0.15) is 0 Å². The van der Waals surface area contributed by atoms with E-state index >= 15 is 0 Å². The summed E-state index contributed by atoms with van der Waals surface area (Å²) in [5.41, 5.74) is 0.834. The molecule has 0 aliphatic carbocycles. The molecule has 0 bridgehead atoms. The van der Waals surface area contributed by atoms with Crippen molar-refractivity contribution in [3.8, 4) is 5.82 Å². The van der Waals surface area contributed by atoms with Crippen molar-refractivity contribution in [2.24, 2.45) is 7.05 Å². The van der Waals surface area contributed by atoms with Gasteiger partial charge in [-0.15, -0.1) is 16.7 Å². The summed E-state index contributed by atoms with van der Waals surface area (Å²) in [6.45, 7) is 0. The number of hydrogen-bond acceptors (Lipinski definition) is 3. The number of hydrogen-bond donors (Lipinski definition) is 0. The van der Waals surface area contributed by atoms with Gasteiger partial charge < -0.3 is 0 Å².